The molecule has 1 aliphatic carbocycles. The van der Waals surface area contributed by atoms with Gasteiger partial charge in [0.05, 0.1) is 6.20 Å². The predicted molar refractivity (Wildman–Crippen MR) is 84.5 cm³/mol. The first-order valence-electron chi connectivity index (χ1n) is 7.97. The standard InChI is InChI=1S/C18H22N2O/c1-2-3-4-10-20-13-16(12-19-20)15-9-8-14-6-5-7-18(21)17(14)11-15/h8-9,11-13H,2-7,10H2,1H3. The number of hydrogen-bond acceptors (Lipinski definition) is 2. The molecule has 0 saturated carbocycles. The highest BCUT2D eigenvalue weighted by molar-refractivity contribution is 5.99. The topological polar surface area (TPSA) is 34.9 Å². The highest BCUT2D eigenvalue weighted by Crippen LogP contribution is 2.27. The van der Waals surface area contributed by atoms with Gasteiger partial charge in [0.15, 0.2) is 5.78 Å². The van der Waals surface area contributed by atoms with Crippen molar-refractivity contribution < 1.29 is 4.79 Å². The van der Waals surface area contributed by atoms with Crippen LogP contribution in [-0.4, -0.2) is 15.6 Å². The number of hydrogen-bond donors (Lipinski definition) is 0. The van der Waals surface area contributed by atoms with E-state index in [1.54, 1.807) is 0 Å². The third kappa shape index (κ3) is 3.07. The zero-order valence-corrected chi connectivity index (χ0v) is 12.6. The van der Waals surface area contributed by atoms with Crippen LogP contribution in [0.3, 0.4) is 0 Å². The van der Waals surface area contributed by atoms with Crippen molar-refractivity contribution in [1.29, 1.82) is 0 Å². The van der Waals surface area contributed by atoms with Crippen LogP contribution in [0.5, 0.6) is 0 Å². The molecule has 3 rings (SSSR count). The normalized spacial score (nSPS) is 14.2. The van der Waals surface area contributed by atoms with Gasteiger partial charge < -0.3 is 0 Å². The Morgan fingerprint density at radius 2 is 2.10 bits per heavy atom. The van der Waals surface area contributed by atoms with Crippen LogP contribution in [0.1, 0.15) is 54.9 Å². The quantitative estimate of drug-likeness (QED) is 0.768. The van der Waals surface area contributed by atoms with Crippen molar-refractivity contribution in [2.75, 3.05) is 0 Å². The van der Waals surface area contributed by atoms with Gasteiger partial charge >= 0.3 is 0 Å². The Labute approximate surface area is 126 Å². The molecule has 1 aromatic carbocycles. The molecule has 0 atom stereocenters. The number of rotatable bonds is 5. The summed E-state index contributed by atoms with van der Waals surface area (Å²) in [6.07, 6.45) is 10.3. The molecule has 0 unspecified atom stereocenters. The number of unbranched alkanes of at least 4 members (excludes halogenated alkanes) is 2. The lowest BCUT2D eigenvalue weighted by Crippen LogP contribution is -2.10. The lowest BCUT2D eigenvalue weighted by atomic mass is 9.88. The molecule has 0 amide bonds. The zero-order chi connectivity index (χ0) is 14.7. The lowest BCUT2D eigenvalue weighted by molar-refractivity contribution is 0.0972. The fourth-order valence-corrected chi connectivity index (χ4v) is 2.97. The molecule has 2 aromatic rings. The lowest BCUT2D eigenvalue weighted by Gasteiger charge is -2.15. The Morgan fingerprint density at radius 1 is 1.19 bits per heavy atom. The summed E-state index contributed by atoms with van der Waals surface area (Å²) >= 11 is 0. The Balaban J connectivity index is 1.81. The second-order valence-corrected chi connectivity index (χ2v) is 5.85. The van der Waals surface area contributed by atoms with E-state index in [1.807, 2.05) is 16.9 Å². The predicted octanol–water partition coefficient (Wildman–Crippen LogP) is 4.26. The fourth-order valence-electron chi connectivity index (χ4n) is 2.97. The molecule has 0 saturated heterocycles. The van der Waals surface area contributed by atoms with Crippen LogP contribution in [0.15, 0.2) is 30.6 Å². The van der Waals surface area contributed by atoms with Gasteiger partial charge in [0, 0.05) is 30.3 Å². The summed E-state index contributed by atoms with van der Waals surface area (Å²) in [7, 11) is 0. The highest BCUT2D eigenvalue weighted by Gasteiger charge is 2.17. The molecule has 1 aromatic heterocycles. The van der Waals surface area contributed by atoms with Crippen molar-refractivity contribution in [1.82, 2.24) is 9.78 Å². The zero-order valence-electron chi connectivity index (χ0n) is 12.6. The molecule has 0 N–H and O–H groups in total. The van der Waals surface area contributed by atoms with Crippen molar-refractivity contribution >= 4 is 5.78 Å². The number of ketones is 1. The summed E-state index contributed by atoms with van der Waals surface area (Å²) in [6, 6.07) is 6.27. The number of nitrogens with zero attached hydrogens (tertiary/aromatic N) is 2. The Morgan fingerprint density at radius 3 is 2.95 bits per heavy atom. The van der Waals surface area contributed by atoms with E-state index in [1.165, 1.54) is 24.8 Å². The number of carbonyl (C=O) groups excluding carboxylic acids is 1. The minimum Gasteiger partial charge on any atom is -0.294 e. The summed E-state index contributed by atoms with van der Waals surface area (Å²) in [5.41, 5.74) is 4.32. The average Bonchev–Trinajstić information content (AvgIpc) is 2.97. The number of fused-ring (bicyclic) bond motifs is 1. The van der Waals surface area contributed by atoms with Crippen LogP contribution in [-0.2, 0) is 13.0 Å². The fraction of sp³-hybridized carbons (Fsp3) is 0.444. The van der Waals surface area contributed by atoms with E-state index >= 15 is 0 Å². The van der Waals surface area contributed by atoms with E-state index in [2.05, 4.69) is 30.4 Å². The summed E-state index contributed by atoms with van der Waals surface area (Å²) < 4.78 is 2.01. The third-order valence-corrected chi connectivity index (χ3v) is 4.22. The molecule has 1 heterocycles. The van der Waals surface area contributed by atoms with Gasteiger partial charge in [-0.15, -0.1) is 0 Å². The molecule has 3 nitrogen and oxygen atoms in total. The maximum absolute atomic E-state index is 12.0. The minimum atomic E-state index is 0.286. The van der Waals surface area contributed by atoms with Gasteiger partial charge in [-0.3, -0.25) is 9.48 Å². The van der Waals surface area contributed by atoms with Crippen LogP contribution < -0.4 is 0 Å². The van der Waals surface area contributed by atoms with Crippen LogP contribution in [0.4, 0.5) is 0 Å². The number of carbonyl (C=O) groups is 1. The van der Waals surface area contributed by atoms with Gasteiger partial charge in [-0.05, 0) is 36.5 Å². The van der Waals surface area contributed by atoms with E-state index in [0.29, 0.717) is 6.42 Å². The van der Waals surface area contributed by atoms with Gasteiger partial charge in [-0.2, -0.15) is 5.10 Å². The average molecular weight is 282 g/mol. The largest absolute Gasteiger partial charge is 0.294 e. The van der Waals surface area contributed by atoms with Gasteiger partial charge in [0.2, 0.25) is 0 Å². The van der Waals surface area contributed by atoms with Gasteiger partial charge in [0.1, 0.15) is 0 Å². The maximum Gasteiger partial charge on any atom is 0.163 e. The third-order valence-electron chi connectivity index (χ3n) is 4.22. The van der Waals surface area contributed by atoms with E-state index < -0.39 is 0 Å². The van der Waals surface area contributed by atoms with Crippen LogP contribution in [0.25, 0.3) is 11.1 Å². The van der Waals surface area contributed by atoms with E-state index in [0.717, 1.165) is 36.1 Å². The SMILES string of the molecule is CCCCCn1cc(-c2ccc3c(c2)C(=O)CCC3)cn1. The molecule has 110 valence electrons. The minimum absolute atomic E-state index is 0.286. The van der Waals surface area contributed by atoms with Crippen molar-refractivity contribution in [3.8, 4) is 11.1 Å². The molecule has 3 heteroatoms. The van der Waals surface area contributed by atoms with E-state index in [4.69, 9.17) is 0 Å². The Hall–Kier alpha value is -1.90. The van der Waals surface area contributed by atoms with Crippen LogP contribution in [0, 0.1) is 0 Å². The van der Waals surface area contributed by atoms with Crippen LogP contribution >= 0.6 is 0 Å². The molecule has 0 bridgehead atoms. The molecule has 0 fully saturated rings. The van der Waals surface area contributed by atoms with Crippen molar-refractivity contribution in [3.05, 3.63) is 41.7 Å². The van der Waals surface area contributed by atoms with Crippen molar-refractivity contribution in [3.63, 3.8) is 0 Å². The molecule has 0 radical (unpaired) electrons. The monoisotopic (exact) mass is 282 g/mol. The summed E-state index contributed by atoms with van der Waals surface area (Å²) in [4.78, 5) is 12.0. The first kappa shape index (κ1) is 14.1. The summed E-state index contributed by atoms with van der Waals surface area (Å²) in [5, 5.41) is 4.43. The molecule has 21 heavy (non-hydrogen) atoms. The second-order valence-electron chi connectivity index (χ2n) is 5.85. The number of aryl methyl sites for hydroxylation is 2. The first-order valence-corrected chi connectivity index (χ1v) is 7.97. The second kappa shape index (κ2) is 6.25. The summed E-state index contributed by atoms with van der Waals surface area (Å²) in [5.74, 6) is 0.286. The maximum atomic E-state index is 12.0. The van der Waals surface area contributed by atoms with E-state index in [-0.39, 0.29) is 5.78 Å². The number of Topliss-reactive ketones (excluding diaryl/α,β-unsaturated/α-hetero) is 1. The first-order chi connectivity index (χ1) is 10.3. The summed E-state index contributed by atoms with van der Waals surface area (Å²) in [6.45, 7) is 3.18. The van der Waals surface area contributed by atoms with Crippen LogP contribution in [0.2, 0.25) is 0 Å². The van der Waals surface area contributed by atoms with Gasteiger partial charge in [-0.25, -0.2) is 0 Å². The molecule has 0 spiro atoms. The Kier molecular flexibility index (Phi) is 4.18. The molecular formula is C18H22N2O. The van der Waals surface area contributed by atoms with Gasteiger partial charge in [0.25, 0.3) is 0 Å². The molecule has 0 aliphatic heterocycles. The number of benzene rings is 1. The van der Waals surface area contributed by atoms with Gasteiger partial charge in [-0.1, -0.05) is 31.9 Å². The van der Waals surface area contributed by atoms with Crippen molar-refractivity contribution in [2.24, 2.45) is 0 Å². The number of aromatic nitrogens is 2. The van der Waals surface area contributed by atoms with E-state index in [9.17, 15) is 4.79 Å². The Bertz CT molecular complexity index is 642. The molecular weight excluding hydrogens is 260 g/mol. The molecule has 1 aliphatic rings. The smallest absolute Gasteiger partial charge is 0.163 e. The highest BCUT2D eigenvalue weighted by atomic mass is 16.1. The van der Waals surface area contributed by atoms with Crippen molar-refractivity contribution in [2.45, 2.75) is 52.0 Å².